The molecule has 0 bridgehead atoms. The molecule has 70 valence electrons. The highest BCUT2D eigenvalue weighted by molar-refractivity contribution is 4.87. The van der Waals surface area contributed by atoms with Crippen LogP contribution < -0.4 is 0 Å². The monoisotopic (exact) mass is 168 g/mol. The van der Waals surface area contributed by atoms with Crippen LogP contribution in [0.15, 0.2) is 0 Å². The topological polar surface area (TPSA) is 27.0 Å². The molecule has 2 heteroatoms. The van der Waals surface area contributed by atoms with E-state index in [-0.39, 0.29) is 5.92 Å². The molecule has 0 amide bonds. The predicted molar refractivity (Wildman–Crippen MR) is 51.7 cm³/mol. The summed E-state index contributed by atoms with van der Waals surface area (Å²) in [5.74, 6) is 0.653. The molecule has 0 heterocycles. The van der Waals surface area contributed by atoms with Gasteiger partial charge in [-0.2, -0.15) is 5.26 Å². The third kappa shape index (κ3) is 3.73. The van der Waals surface area contributed by atoms with E-state index in [1.54, 1.807) is 0 Å². The first-order chi connectivity index (χ1) is 5.65. The van der Waals surface area contributed by atoms with Gasteiger partial charge in [-0.3, -0.25) is 0 Å². The summed E-state index contributed by atoms with van der Waals surface area (Å²) in [7, 11) is 0. The van der Waals surface area contributed by atoms with E-state index in [4.69, 9.17) is 5.26 Å². The van der Waals surface area contributed by atoms with Crippen molar-refractivity contribution in [2.24, 2.45) is 11.8 Å². The fraction of sp³-hybridized carbons (Fsp3) is 0.900. The molecule has 1 atom stereocenters. The molecule has 0 aromatic carbocycles. The summed E-state index contributed by atoms with van der Waals surface area (Å²) < 4.78 is 0. The Labute approximate surface area is 76.2 Å². The van der Waals surface area contributed by atoms with Crippen molar-refractivity contribution in [3.05, 3.63) is 0 Å². The fourth-order valence-corrected chi connectivity index (χ4v) is 1.16. The van der Waals surface area contributed by atoms with Crippen LogP contribution in [-0.4, -0.2) is 24.5 Å². The molecule has 0 rings (SSSR count). The molecule has 0 fully saturated rings. The standard InChI is InChI=1S/C10H20N2/c1-5-12(6-2)8-10(7-11)9(3)4/h9-10H,5-6,8H2,1-4H3. The maximum Gasteiger partial charge on any atom is 0.0672 e. The van der Waals surface area contributed by atoms with E-state index >= 15 is 0 Å². The summed E-state index contributed by atoms with van der Waals surface area (Å²) in [5.41, 5.74) is 0. The molecule has 12 heavy (non-hydrogen) atoms. The molecule has 0 aromatic heterocycles. The Hall–Kier alpha value is -0.550. The Morgan fingerprint density at radius 2 is 1.75 bits per heavy atom. The van der Waals surface area contributed by atoms with E-state index in [2.05, 4.69) is 38.7 Å². The first kappa shape index (κ1) is 11.4. The zero-order valence-electron chi connectivity index (χ0n) is 8.67. The van der Waals surface area contributed by atoms with Crippen LogP contribution in [0.3, 0.4) is 0 Å². The third-order valence-electron chi connectivity index (χ3n) is 2.32. The Morgan fingerprint density at radius 3 is 2.00 bits per heavy atom. The molecule has 0 aliphatic carbocycles. The predicted octanol–water partition coefficient (Wildman–Crippen LogP) is 2.12. The number of nitrogens with zero attached hydrogens (tertiary/aromatic N) is 2. The van der Waals surface area contributed by atoms with Gasteiger partial charge in [-0.05, 0) is 19.0 Å². The summed E-state index contributed by atoms with van der Waals surface area (Å²) >= 11 is 0. The van der Waals surface area contributed by atoms with Crippen molar-refractivity contribution in [1.82, 2.24) is 4.90 Å². The van der Waals surface area contributed by atoms with Crippen LogP contribution in [0.1, 0.15) is 27.7 Å². The van der Waals surface area contributed by atoms with Crippen LogP contribution >= 0.6 is 0 Å². The van der Waals surface area contributed by atoms with Gasteiger partial charge in [0, 0.05) is 6.54 Å². The lowest BCUT2D eigenvalue weighted by Crippen LogP contribution is -2.30. The Kier molecular flexibility index (Phi) is 5.74. The van der Waals surface area contributed by atoms with Crippen molar-refractivity contribution >= 4 is 0 Å². The lowest BCUT2D eigenvalue weighted by atomic mass is 9.97. The second-order valence-electron chi connectivity index (χ2n) is 3.47. The van der Waals surface area contributed by atoms with Gasteiger partial charge in [0.15, 0.2) is 0 Å². The maximum absolute atomic E-state index is 8.86. The molecule has 1 unspecified atom stereocenters. The van der Waals surface area contributed by atoms with Crippen molar-refractivity contribution in [3.8, 4) is 6.07 Å². The number of hydrogen-bond acceptors (Lipinski definition) is 2. The molecule has 0 saturated heterocycles. The minimum Gasteiger partial charge on any atom is -0.303 e. The molecule has 2 nitrogen and oxygen atoms in total. The zero-order valence-corrected chi connectivity index (χ0v) is 8.67. The zero-order chi connectivity index (χ0) is 9.56. The van der Waals surface area contributed by atoms with E-state index in [1.807, 2.05) is 0 Å². The lowest BCUT2D eigenvalue weighted by Gasteiger charge is -2.22. The van der Waals surface area contributed by atoms with Gasteiger partial charge in [0.05, 0.1) is 12.0 Å². The van der Waals surface area contributed by atoms with E-state index in [0.29, 0.717) is 5.92 Å². The highest BCUT2D eigenvalue weighted by Crippen LogP contribution is 2.10. The molecule has 0 N–H and O–H groups in total. The van der Waals surface area contributed by atoms with Crippen LogP contribution in [0.2, 0.25) is 0 Å². The van der Waals surface area contributed by atoms with Crippen molar-refractivity contribution in [2.75, 3.05) is 19.6 Å². The Bertz CT molecular complexity index is 142. The Balaban J connectivity index is 3.93. The highest BCUT2D eigenvalue weighted by Gasteiger charge is 2.14. The average Bonchev–Trinajstić information content (AvgIpc) is 2.06. The summed E-state index contributed by atoms with van der Waals surface area (Å²) in [6, 6.07) is 2.36. The average molecular weight is 168 g/mol. The van der Waals surface area contributed by atoms with Crippen LogP contribution in [-0.2, 0) is 0 Å². The SMILES string of the molecule is CCN(CC)CC(C#N)C(C)C. The smallest absolute Gasteiger partial charge is 0.0672 e. The van der Waals surface area contributed by atoms with Gasteiger partial charge < -0.3 is 4.90 Å². The van der Waals surface area contributed by atoms with Crippen LogP contribution in [0.25, 0.3) is 0 Å². The van der Waals surface area contributed by atoms with E-state index < -0.39 is 0 Å². The van der Waals surface area contributed by atoms with Gasteiger partial charge in [-0.1, -0.05) is 27.7 Å². The van der Waals surface area contributed by atoms with Crippen molar-refractivity contribution in [3.63, 3.8) is 0 Å². The molecular weight excluding hydrogens is 148 g/mol. The normalized spacial score (nSPS) is 13.4. The second-order valence-corrected chi connectivity index (χ2v) is 3.47. The number of hydrogen-bond donors (Lipinski definition) is 0. The molecule has 0 spiro atoms. The summed E-state index contributed by atoms with van der Waals surface area (Å²) in [4.78, 5) is 2.30. The van der Waals surface area contributed by atoms with Gasteiger partial charge in [-0.25, -0.2) is 0 Å². The molecule has 0 aliphatic heterocycles. The van der Waals surface area contributed by atoms with Crippen molar-refractivity contribution in [2.45, 2.75) is 27.7 Å². The quantitative estimate of drug-likeness (QED) is 0.628. The largest absolute Gasteiger partial charge is 0.303 e. The maximum atomic E-state index is 8.86. The minimum atomic E-state index is 0.185. The first-order valence-corrected chi connectivity index (χ1v) is 4.77. The van der Waals surface area contributed by atoms with Gasteiger partial charge >= 0.3 is 0 Å². The molecule has 0 aliphatic rings. The van der Waals surface area contributed by atoms with Crippen molar-refractivity contribution < 1.29 is 0 Å². The van der Waals surface area contributed by atoms with E-state index in [9.17, 15) is 0 Å². The molecule has 0 saturated carbocycles. The third-order valence-corrected chi connectivity index (χ3v) is 2.32. The fourth-order valence-electron chi connectivity index (χ4n) is 1.16. The van der Waals surface area contributed by atoms with Gasteiger partial charge in [-0.15, -0.1) is 0 Å². The van der Waals surface area contributed by atoms with Crippen molar-refractivity contribution in [1.29, 1.82) is 5.26 Å². The molecule has 0 aromatic rings. The molecular formula is C10H20N2. The number of rotatable bonds is 5. The van der Waals surface area contributed by atoms with Gasteiger partial charge in [0.25, 0.3) is 0 Å². The van der Waals surface area contributed by atoms with Gasteiger partial charge in [0.1, 0.15) is 0 Å². The first-order valence-electron chi connectivity index (χ1n) is 4.77. The van der Waals surface area contributed by atoms with E-state index in [0.717, 1.165) is 19.6 Å². The number of nitriles is 1. The highest BCUT2D eigenvalue weighted by atomic mass is 15.1. The van der Waals surface area contributed by atoms with Crippen LogP contribution in [0, 0.1) is 23.2 Å². The summed E-state index contributed by atoms with van der Waals surface area (Å²) in [5, 5.41) is 8.86. The Morgan fingerprint density at radius 1 is 1.25 bits per heavy atom. The second kappa shape index (κ2) is 6.02. The van der Waals surface area contributed by atoms with Crippen LogP contribution in [0.5, 0.6) is 0 Å². The minimum absolute atomic E-state index is 0.185. The van der Waals surface area contributed by atoms with Crippen LogP contribution in [0.4, 0.5) is 0 Å². The van der Waals surface area contributed by atoms with E-state index in [1.165, 1.54) is 0 Å². The van der Waals surface area contributed by atoms with Gasteiger partial charge in [0.2, 0.25) is 0 Å². The molecule has 0 radical (unpaired) electrons. The lowest BCUT2D eigenvalue weighted by molar-refractivity contribution is 0.250. The summed E-state index contributed by atoms with van der Waals surface area (Å²) in [6.07, 6.45) is 0. The summed E-state index contributed by atoms with van der Waals surface area (Å²) in [6.45, 7) is 11.5.